The Hall–Kier alpha value is -2.71. The second-order valence-corrected chi connectivity index (χ2v) is 6.32. The van der Waals surface area contributed by atoms with Crippen LogP contribution < -0.4 is 16.2 Å². The summed E-state index contributed by atoms with van der Waals surface area (Å²) in [5.41, 5.74) is 2.69. The smallest absolute Gasteiger partial charge is 0.255 e. The zero-order valence-electron chi connectivity index (χ0n) is 14.8. The van der Waals surface area contributed by atoms with Gasteiger partial charge in [-0.15, -0.1) is 12.4 Å². The normalized spacial score (nSPS) is 14.1. The quantitative estimate of drug-likeness (QED) is 0.595. The number of benzene rings is 1. The standard InChI is InChI=1S/C18H21N7O.ClH/c26-17-14-6-8-19-10-16(14)23-18(24-17)22-15(13-4-2-1-3-5-13)7-9-25-12-20-11-21-25;/h1-5,11-12,15,19H,6-10H2,(H2,22,23,24,26);1H. The molecule has 0 aliphatic carbocycles. The van der Waals surface area contributed by atoms with E-state index < -0.39 is 0 Å². The van der Waals surface area contributed by atoms with Crippen LogP contribution in [0.2, 0.25) is 0 Å². The molecular formula is C18H22ClN7O. The molecule has 0 radical (unpaired) electrons. The topological polar surface area (TPSA) is 101 Å². The van der Waals surface area contributed by atoms with Crippen molar-refractivity contribution in [3.05, 3.63) is 70.2 Å². The highest BCUT2D eigenvalue weighted by atomic mass is 35.5. The van der Waals surface area contributed by atoms with E-state index in [0.29, 0.717) is 25.5 Å². The summed E-state index contributed by atoms with van der Waals surface area (Å²) in [4.78, 5) is 23.9. The second-order valence-electron chi connectivity index (χ2n) is 6.32. The molecule has 2 aromatic heterocycles. The van der Waals surface area contributed by atoms with Crippen molar-refractivity contribution in [2.75, 3.05) is 11.9 Å². The molecule has 8 nitrogen and oxygen atoms in total. The summed E-state index contributed by atoms with van der Waals surface area (Å²) in [6.07, 6.45) is 4.73. The third kappa shape index (κ3) is 4.53. The van der Waals surface area contributed by atoms with E-state index in [0.717, 1.165) is 29.8 Å². The lowest BCUT2D eigenvalue weighted by atomic mass is 10.0. The molecule has 3 N–H and O–H groups in total. The second kappa shape index (κ2) is 8.79. The Morgan fingerprint density at radius 1 is 1.26 bits per heavy atom. The minimum absolute atomic E-state index is 0. The highest BCUT2D eigenvalue weighted by Crippen LogP contribution is 2.21. The van der Waals surface area contributed by atoms with Gasteiger partial charge in [0, 0.05) is 18.7 Å². The largest absolute Gasteiger partial charge is 0.349 e. The molecule has 4 rings (SSSR count). The van der Waals surface area contributed by atoms with Crippen LogP contribution in [-0.2, 0) is 19.5 Å². The summed E-state index contributed by atoms with van der Waals surface area (Å²) in [6, 6.07) is 10.1. The van der Waals surface area contributed by atoms with Crippen LogP contribution in [0, 0.1) is 0 Å². The monoisotopic (exact) mass is 387 g/mol. The Balaban J connectivity index is 0.00000210. The van der Waals surface area contributed by atoms with E-state index in [9.17, 15) is 4.79 Å². The first-order valence-corrected chi connectivity index (χ1v) is 8.76. The van der Waals surface area contributed by atoms with Crippen molar-refractivity contribution in [3.8, 4) is 0 Å². The minimum atomic E-state index is -0.0536. The number of aromatic amines is 1. The zero-order valence-corrected chi connectivity index (χ0v) is 15.6. The molecule has 1 atom stereocenters. The number of halogens is 1. The molecule has 9 heteroatoms. The Labute approximate surface area is 162 Å². The van der Waals surface area contributed by atoms with Gasteiger partial charge < -0.3 is 10.6 Å². The lowest BCUT2D eigenvalue weighted by Crippen LogP contribution is -2.32. The van der Waals surface area contributed by atoms with Crippen molar-refractivity contribution >= 4 is 18.4 Å². The van der Waals surface area contributed by atoms with E-state index in [1.165, 1.54) is 6.33 Å². The maximum absolute atomic E-state index is 12.4. The fraction of sp³-hybridized carbons (Fsp3) is 0.333. The van der Waals surface area contributed by atoms with Gasteiger partial charge in [-0.1, -0.05) is 30.3 Å². The molecule has 1 unspecified atom stereocenters. The van der Waals surface area contributed by atoms with Gasteiger partial charge in [-0.3, -0.25) is 14.5 Å². The molecule has 0 bridgehead atoms. The highest BCUT2D eigenvalue weighted by molar-refractivity contribution is 5.85. The van der Waals surface area contributed by atoms with Crippen LogP contribution in [0.4, 0.5) is 5.95 Å². The van der Waals surface area contributed by atoms with Gasteiger partial charge in [0.05, 0.1) is 11.7 Å². The molecule has 0 spiro atoms. The number of anilines is 1. The maximum Gasteiger partial charge on any atom is 0.255 e. The SMILES string of the molecule is Cl.O=c1[nH]c(NC(CCn2cncn2)c2ccccc2)nc2c1CCNC2. The molecule has 0 fully saturated rings. The fourth-order valence-corrected chi connectivity index (χ4v) is 3.22. The number of hydrogen-bond donors (Lipinski definition) is 3. The van der Waals surface area contributed by atoms with Gasteiger partial charge in [0.2, 0.25) is 5.95 Å². The molecule has 1 aliphatic rings. The van der Waals surface area contributed by atoms with E-state index in [1.54, 1.807) is 11.0 Å². The molecule has 3 heterocycles. The summed E-state index contributed by atoms with van der Waals surface area (Å²) in [5, 5.41) is 10.8. The minimum Gasteiger partial charge on any atom is -0.349 e. The van der Waals surface area contributed by atoms with Crippen molar-refractivity contribution in [2.24, 2.45) is 0 Å². The molecule has 3 aromatic rings. The maximum atomic E-state index is 12.4. The predicted octanol–water partition coefficient (Wildman–Crippen LogP) is 1.67. The van der Waals surface area contributed by atoms with Crippen molar-refractivity contribution < 1.29 is 0 Å². The molecule has 1 aromatic carbocycles. The van der Waals surface area contributed by atoms with E-state index in [4.69, 9.17) is 0 Å². The number of nitrogens with zero attached hydrogens (tertiary/aromatic N) is 4. The lowest BCUT2D eigenvalue weighted by Gasteiger charge is -2.21. The summed E-state index contributed by atoms with van der Waals surface area (Å²) >= 11 is 0. The number of hydrogen-bond acceptors (Lipinski definition) is 6. The number of nitrogens with one attached hydrogen (secondary N) is 3. The van der Waals surface area contributed by atoms with Gasteiger partial charge in [-0.05, 0) is 24.9 Å². The van der Waals surface area contributed by atoms with Crippen LogP contribution in [-0.4, -0.2) is 31.3 Å². The van der Waals surface area contributed by atoms with Gasteiger partial charge in [-0.2, -0.15) is 5.10 Å². The van der Waals surface area contributed by atoms with Crippen molar-refractivity contribution in [3.63, 3.8) is 0 Å². The van der Waals surface area contributed by atoms with Crippen molar-refractivity contribution in [2.45, 2.75) is 32.0 Å². The van der Waals surface area contributed by atoms with Gasteiger partial charge >= 0.3 is 0 Å². The van der Waals surface area contributed by atoms with Gasteiger partial charge in [0.15, 0.2) is 0 Å². The van der Waals surface area contributed by atoms with Crippen molar-refractivity contribution in [1.29, 1.82) is 0 Å². The Kier molecular flexibility index (Phi) is 6.20. The summed E-state index contributed by atoms with van der Waals surface area (Å²) in [7, 11) is 0. The lowest BCUT2D eigenvalue weighted by molar-refractivity contribution is 0.535. The van der Waals surface area contributed by atoms with E-state index in [1.807, 2.05) is 18.2 Å². The molecule has 142 valence electrons. The average molecular weight is 388 g/mol. The van der Waals surface area contributed by atoms with Crippen LogP contribution in [0.15, 0.2) is 47.8 Å². The van der Waals surface area contributed by atoms with Crippen LogP contribution in [0.1, 0.15) is 29.3 Å². The summed E-state index contributed by atoms with van der Waals surface area (Å²) in [6.45, 7) is 2.15. The molecule has 0 amide bonds. The van der Waals surface area contributed by atoms with Gasteiger partial charge in [-0.25, -0.2) is 9.97 Å². The van der Waals surface area contributed by atoms with Crippen molar-refractivity contribution in [1.82, 2.24) is 30.0 Å². The third-order valence-corrected chi connectivity index (χ3v) is 4.57. The number of aromatic nitrogens is 5. The predicted molar refractivity (Wildman–Crippen MR) is 105 cm³/mol. The van der Waals surface area contributed by atoms with Crippen LogP contribution >= 0.6 is 12.4 Å². The van der Waals surface area contributed by atoms with Gasteiger partial charge in [0.25, 0.3) is 5.56 Å². The van der Waals surface area contributed by atoms with E-state index in [-0.39, 0.29) is 24.0 Å². The molecule has 0 saturated carbocycles. The number of fused-ring (bicyclic) bond motifs is 1. The molecule has 27 heavy (non-hydrogen) atoms. The van der Waals surface area contributed by atoms with Gasteiger partial charge in [0.1, 0.15) is 12.7 Å². The molecular weight excluding hydrogens is 366 g/mol. The number of H-pyrrole nitrogens is 1. The zero-order chi connectivity index (χ0) is 17.8. The summed E-state index contributed by atoms with van der Waals surface area (Å²) in [5.74, 6) is 0.505. The van der Waals surface area contributed by atoms with Crippen LogP contribution in [0.3, 0.4) is 0 Å². The third-order valence-electron chi connectivity index (χ3n) is 4.57. The molecule has 1 aliphatic heterocycles. The fourth-order valence-electron chi connectivity index (χ4n) is 3.22. The first kappa shape index (κ1) is 19.1. The van der Waals surface area contributed by atoms with E-state index in [2.05, 4.69) is 42.8 Å². The Morgan fingerprint density at radius 3 is 2.89 bits per heavy atom. The van der Waals surface area contributed by atoms with E-state index >= 15 is 0 Å². The van der Waals surface area contributed by atoms with Crippen LogP contribution in [0.5, 0.6) is 0 Å². The number of aryl methyl sites for hydroxylation is 1. The Bertz CT molecular complexity index is 911. The highest BCUT2D eigenvalue weighted by Gasteiger charge is 2.18. The van der Waals surface area contributed by atoms with Crippen LogP contribution in [0.25, 0.3) is 0 Å². The Morgan fingerprint density at radius 2 is 2.11 bits per heavy atom. The first-order chi connectivity index (χ1) is 12.8. The molecule has 0 saturated heterocycles. The average Bonchev–Trinajstić information content (AvgIpc) is 3.19. The first-order valence-electron chi connectivity index (χ1n) is 8.76. The summed E-state index contributed by atoms with van der Waals surface area (Å²) < 4.78 is 1.80. The number of rotatable bonds is 6.